The Balaban J connectivity index is 1.34. The van der Waals surface area contributed by atoms with Crippen molar-refractivity contribution in [3.63, 3.8) is 0 Å². The topological polar surface area (TPSA) is 77.5 Å². The summed E-state index contributed by atoms with van der Waals surface area (Å²) in [5.74, 6) is 0.629. The Bertz CT molecular complexity index is 1130. The number of hydrogen-bond acceptors (Lipinski definition) is 5. The van der Waals surface area contributed by atoms with E-state index < -0.39 is 0 Å². The molecular weight excluding hydrogens is 459 g/mol. The molecule has 0 radical (unpaired) electrons. The van der Waals surface area contributed by atoms with Crippen LogP contribution in [-0.2, 0) is 14.3 Å². The van der Waals surface area contributed by atoms with Gasteiger partial charge in [-0.1, -0.05) is 24.3 Å². The van der Waals surface area contributed by atoms with Crippen molar-refractivity contribution < 1.29 is 23.5 Å². The summed E-state index contributed by atoms with van der Waals surface area (Å²) in [6, 6.07) is 10.4. The zero-order chi connectivity index (χ0) is 25.2. The molecule has 1 amide bonds. The van der Waals surface area contributed by atoms with Gasteiger partial charge in [-0.05, 0) is 87.1 Å². The number of aromatic nitrogens is 1. The van der Waals surface area contributed by atoms with Gasteiger partial charge in [-0.3, -0.25) is 9.78 Å². The number of esters is 1. The number of carbonyl (C=O) groups is 2. The van der Waals surface area contributed by atoms with Gasteiger partial charge in [-0.2, -0.15) is 0 Å². The van der Waals surface area contributed by atoms with Gasteiger partial charge in [0.05, 0.1) is 18.2 Å². The summed E-state index contributed by atoms with van der Waals surface area (Å²) >= 11 is 0. The molecule has 1 aromatic heterocycles. The minimum atomic E-state index is -0.368. The molecule has 2 aliphatic carbocycles. The first-order chi connectivity index (χ1) is 17.4. The smallest absolute Gasteiger partial charge is 0.407 e. The Labute approximate surface area is 211 Å². The van der Waals surface area contributed by atoms with Crippen molar-refractivity contribution in [3.05, 3.63) is 60.2 Å². The number of nitrogens with one attached hydrogen (secondary N) is 1. The molecule has 7 atom stereocenters. The van der Waals surface area contributed by atoms with Crippen LogP contribution >= 0.6 is 0 Å². The maximum atomic E-state index is 13.6. The maximum Gasteiger partial charge on any atom is 0.407 e. The molecule has 7 heteroatoms. The molecule has 1 aromatic carbocycles. The van der Waals surface area contributed by atoms with Crippen LogP contribution in [0.25, 0.3) is 17.2 Å². The lowest BCUT2D eigenvalue weighted by Crippen LogP contribution is -2.48. The number of rotatable bonds is 5. The summed E-state index contributed by atoms with van der Waals surface area (Å²) in [7, 11) is 0. The number of pyridine rings is 1. The second-order valence-corrected chi connectivity index (χ2v) is 10.3. The highest BCUT2D eigenvalue weighted by atomic mass is 19.1. The Morgan fingerprint density at radius 3 is 2.83 bits per heavy atom. The van der Waals surface area contributed by atoms with Gasteiger partial charge in [0.2, 0.25) is 0 Å². The summed E-state index contributed by atoms with van der Waals surface area (Å²) < 4.78 is 24.3. The largest absolute Gasteiger partial charge is 0.462 e. The van der Waals surface area contributed by atoms with Gasteiger partial charge in [0, 0.05) is 23.7 Å². The van der Waals surface area contributed by atoms with E-state index in [-0.39, 0.29) is 47.8 Å². The zero-order valence-electron chi connectivity index (χ0n) is 20.7. The number of ether oxygens (including phenoxy) is 2. The van der Waals surface area contributed by atoms with Crippen LogP contribution in [0.15, 0.2) is 48.7 Å². The molecule has 5 rings (SSSR count). The first-order valence-electron chi connectivity index (χ1n) is 13.0. The van der Waals surface area contributed by atoms with Gasteiger partial charge >= 0.3 is 12.1 Å². The molecular formula is C29H33FN2O4. The van der Waals surface area contributed by atoms with E-state index in [4.69, 9.17) is 9.47 Å². The minimum Gasteiger partial charge on any atom is -0.462 e. The van der Waals surface area contributed by atoms with E-state index in [1.165, 1.54) is 12.1 Å². The number of carbonyl (C=O) groups excluding carboxylic acids is 2. The fourth-order valence-electron chi connectivity index (χ4n) is 6.64. The van der Waals surface area contributed by atoms with Crippen molar-refractivity contribution in [2.24, 2.45) is 29.6 Å². The number of cyclic esters (lactones) is 1. The molecule has 6 nitrogen and oxygen atoms in total. The second-order valence-electron chi connectivity index (χ2n) is 10.3. The summed E-state index contributed by atoms with van der Waals surface area (Å²) in [6.45, 7) is 4.15. The summed E-state index contributed by atoms with van der Waals surface area (Å²) in [6.07, 6.45) is 9.07. The van der Waals surface area contributed by atoms with E-state index in [0.717, 1.165) is 42.5 Å². The quantitative estimate of drug-likeness (QED) is 0.548. The first kappa shape index (κ1) is 24.5. The molecule has 1 N–H and O–H groups in total. The van der Waals surface area contributed by atoms with Crippen LogP contribution in [0.1, 0.15) is 45.2 Å². The van der Waals surface area contributed by atoms with Crippen molar-refractivity contribution in [3.8, 4) is 11.1 Å². The number of amides is 1. The number of fused-ring (bicyclic) bond motifs is 2. The van der Waals surface area contributed by atoms with E-state index in [9.17, 15) is 14.0 Å². The van der Waals surface area contributed by atoms with Crippen LogP contribution in [0.5, 0.6) is 0 Å². The molecule has 1 saturated heterocycles. The summed E-state index contributed by atoms with van der Waals surface area (Å²) in [5, 5.41) is 3.00. The Morgan fingerprint density at radius 1 is 1.22 bits per heavy atom. The third-order valence-corrected chi connectivity index (χ3v) is 8.18. The molecule has 36 heavy (non-hydrogen) atoms. The third-order valence-electron chi connectivity index (χ3n) is 8.18. The van der Waals surface area contributed by atoms with Gasteiger partial charge in [0.1, 0.15) is 11.9 Å². The van der Waals surface area contributed by atoms with Crippen molar-refractivity contribution in [2.75, 3.05) is 6.61 Å². The number of nitrogens with zero attached hydrogens (tertiary/aromatic N) is 1. The first-order valence-corrected chi connectivity index (χ1v) is 13.0. The molecule has 2 aromatic rings. The Kier molecular flexibility index (Phi) is 7.08. The van der Waals surface area contributed by atoms with Crippen molar-refractivity contribution in [2.45, 2.75) is 51.7 Å². The van der Waals surface area contributed by atoms with E-state index >= 15 is 0 Å². The highest BCUT2D eigenvalue weighted by Crippen LogP contribution is 2.53. The molecule has 0 spiro atoms. The van der Waals surface area contributed by atoms with E-state index in [1.807, 2.05) is 31.2 Å². The van der Waals surface area contributed by atoms with Crippen molar-refractivity contribution >= 4 is 18.1 Å². The summed E-state index contributed by atoms with van der Waals surface area (Å²) in [5.41, 5.74) is 2.48. The number of halogens is 1. The average Bonchev–Trinajstić information content (AvgIpc) is 3.15. The van der Waals surface area contributed by atoms with Gasteiger partial charge in [0.15, 0.2) is 0 Å². The highest BCUT2D eigenvalue weighted by molar-refractivity contribution is 5.75. The predicted octanol–water partition coefficient (Wildman–Crippen LogP) is 5.63. The lowest BCUT2D eigenvalue weighted by molar-refractivity contribution is -0.144. The zero-order valence-corrected chi connectivity index (χ0v) is 20.7. The second kappa shape index (κ2) is 10.4. The van der Waals surface area contributed by atoms with Gasteiger partial charge in [0.25, 0.3) is 0 Å². The molecule has 190 valence electrons. The lowest BCUT2D eigenvalue weighted by Gasteiger charge is -2.47. The lowest BCUT2D eigenvalue weighted by atomic mass is 9.57. The highest BCUT2D eigenvalue weighted by Gasteiger charge is 2.54. The normalized spacial score (nSPS) is 31.4. The Hall–Kier alpha value is -3.22. The maximum absolute atomic E-state index is 13.6. The van der Waals surface area contributed by atoms with E-state index in [1.54, 1.807) is 19.2 Å². The standard InChI is InChI=1S/C29H33FN2O4/c1-3-35-29(34)32-23-10-11-24-20(14-23)15-26-27(17(2)36-28(26)33)25(24)12-9-22-8-7-19(16-31-22)18-5-4-6-21(30)13-18/h4-9,12-13,16-17,20,23-27H,3,10-11,14-15H2,1-2H3,(H,32,34)/t17-,20-,23-,24-,25+,26+,27-/m1/s1. The van der Waals surface area contributed by atoms with E-state index in [0.29, 0.717) is 18.4 Å². The van der Waals surface area contributed by atoms with Gasteiger partial charge in [-0.15, -0.1) is 0 Å². The minimum absolute atomic E-state index is 0.0679. The third kappa shape index (κ3) is 5.01. The number of hydrogen-bond donors (Lipinski definition) is 1. The molecule has 2 saturated carbocycles. The van der Waals surface area contributed by atoms with E-state index in [2.05, 4.69) is 16.4 Å². The molecule has 3 fully saturated rings. The summed E-state index contributed by atoms with van der Waals surface area (Å²) in [4.78, 5) is 29.2. The van der Waals surface area contributed by atoms with Crippen LogP contribution in [0.3, 0.4) is 0 Å². The van der Waals surface area contributed by atoms with Crippen molar-refractivity contribution in [1.82, 2.24) is 10.3 Å². The van der Waals surface area contributed by atoms with Crippen LogP contribution in [-0.4, -0.2) is 35.8 Å². The number of alkyl carbamates (subject to hydrolysis) is 1. The van der Waals surface area contributed by atoms with Crippen LogP contribution in [0.4, 0.5) is 9.18 Å². The Morgan fingerprint density at radius 2 is 2.08 bits per heavy atom. The van der Waals surface area contributed by atoms with Crippen molar-refractivity contribution in [1.29, 1.82) is 0 Å². The number of benzene rings is 1. The fraction of sp³-hybridized carbons (Fsp3) is 0.483. The molecule has 0 bridgehead atoms. The molecule has 2 heterocycles. The van der Waals surface area contributed by atoms with Crippen LogP contribution in [0, 0.1) is 35.4 Å². The fourth-order valence-corrected chi connectivity index (χ4v) is 6.64. The molecule has 0 unspecified atom stereocenters. The van der Waals surface area contributed by atoms with Crippen LogP contribution in [0.2, 0.25) is 0 Å². The van der Waals surface area contributed by atoms with Gasteiger partial charge < -0.3 is 14.8 Å². The SMILES string of the molecule is CCOC(=O)N[C@@H]1CC[C@@H]2[C@H](C1)C[C@@H]1C(=O)O[C@H](C)[C@@H]1[C@H]2C=Cc1ccc(-c2cccc(F)c2)cn1. The predicted molar refractivity (Wildman–Crippen MR) is 134 cm³/mol. The van der Waals surface area contributed by atoms with Gasteiger partial charge in [-0.25, -0.2) is 9.18 Å². The van der Waals surface area contributed by atoms with Crippen LogP contribution < -0.4 is 5.32 Å². The molecule has 1 aliphatic heterocycles. The average molecular weight is 493 g/mol. The molecule has 3 aliphatic rings. The number of allylic oxidation sites excluding steroid dienone is 1. The monoisotopic (exact) mass is 492 g/mol.